The number of aromatic hydroxyl groups is 1. The number of nitrogens with zero attached hydrogens (tertiary/aromatic N) is 2. The minimum atomic E-state index is -0.0748. The Labute approximate surface area is 63.9 Å². The molecule has 0 amide bonds. The van der Waals surface area contributed by atoms with Crippen molar-refractivity contribution in [2.24, 2.45) is 0 Å². The molecule has 0 saturated carbocycles. The van der Waals surface area contributed by atoms with E-state index in [0.717, 1.165) is 13.0 Å². The van der Waals surface area contributed by atoms with Crippen molar-refractivity contribution in [2.45, 2.75) is 12.5 Å². The molecule has 2 rings (SSSR count). The van der Waals surface area contributed by atoms with Crippen LogP contribution in [0.2, 0.25) is 0 Å². The van der Waals surface area contributed by atoms with Gasteiger partial charge in [0.05, 0.1) is 12.8 Å². The summed E-state index contributed by atoms with van der Waals surface area (Å²) in [5, 5.41) is 8.93. The number of rotatable bonds is 1. The Morgan fingerprint density at radius 3 is 3.09 bits per heavy atom. The van der Waals surface area contributed by atoms with Gasteiger partial charge in [-0.2, -0.15) is 0 Å². The van der Waals surface area contributed by atoms with Gasteiger partial charge >= 0.3 is 0 Å². The molecule has 57 valence electrons. The molecular weight excluding hydrogens is 144 g/mol. The third kappa shape index (κ3) is 1.17. The van der Waals surface area contributed by atoms with Crippen LogP contribution in [0.5, 0.6) is 5.88 Å². The SMILES string of the molecule is Oc1cn[c]c(C2CCO2)n1. The molecule has 0 spiro atoms. The van der Waals surface area contributed by atoms with Crippen molar-refractivity contribution in [3.8, 4) is 5.88 Å². The molecule has 0 aromatic carbocycles. The lowest BCUT2D eigenvalue weighted by atomic mass is 10.1. The molecule has 1 unspecified atom stereocenters. The van der Waals surface area contributed by atoms with Gasteiger partial charge < -0.3 is 9.84 Å². The molecule has 2 heterocycles. The number of hydrogen-bond donors (Lipinski definition) is 1. The third-order valence-corrected chi connectivity index (χ3v) is 1.60. The molecule has 4 heteroatoms. The molecule has 4 nitrogen and oxygen atoms in total. The highest BCUT2D eigenvalue weighted by atomic mass is 16.5. The van der Waals surface area contributed by atoms with Crippen LogP contribution in [0.4, 0.5) is 0 Å². The molecule has 1 aliphatic heterocycles. The van der Waals surface area contributed by atoms with E-state index in [9.17, 15) is 0 Å². The smallest absolute Gasteiger partial charge is 0.230 e. The van der Waals surface area contributed by atoms with Crippen LogP contribution < -0.4 is 0 Å². The van der Waals surface area contributed by atoms with Crippen LogP contribution in [0.1, 0.15) is 18.2 Å². The van der Waals surface area contributed by atoms with E-state index in [1.54, 1.807) is 0 Å². The average molecular weight is 151 g/mol. The first-order valence-corrected chi connectivity index (χ1v) is 3.41. The van der Waals surface area contributed by atoms with Gasteiger partial charge in [-0.3, -0.25) is 0 Å². The van der Waals surface area contributed by atoms with E-state index >= 15 is 0 Å². The first-order valence-electron chi connectivity index (χ1n) is 3.41. The Balaban J connectivity index is 2.23. The first-order chi connectivity index (χ1) is 5.36. The van der Waals surface area contributed by atoms with Crippen molar-refractivity contribution >= 4 is 0 Å². The highest BCUT2D eigenvalue weighted by Crippen LogP contribution is 2.27. The van der Waals surface area contributed by atoms with E-state index in [1.165, 1.54) is 6.20 Å². The van der Waals surface area contributed by atoms with Gasteiger partial charge in [0.25, 0.3) is 0 Å². The van der Waals surface area contributed by atoms with E-state index in [1.807, 2.05) is 0 Å². The second kappa shape index (κ2) is 2.47. The molecule has 1 N–H and O–H groups in total. The Morgan fingerprint density at radius 1 is 1.73 bits per heavy atom. The van der Waals surface area contributed by atoms with Crippen molar-refractivity contribution in [2.75, 3.05) is 6.61 Å². The molecule has 0 aliphatic carbocycles. The van der Waals surface area contributed by atoms with Gasteiger partial charge in [-0.1, -0.05) is 0 Å². The minimum Gasteiger partial charge on any atom is -0.492 e. The third-order valence-electron chi connectivity index (χ3n) is 1.60. The summed E-state index contributed by atoms with van der Waals surface area (Å²) in [5.41, 5.74) is 0.594. The van der Waals surface area contributed by atoms with Gasteiger partial charge in [0.1, 0.15) is 18.0 Å². The second-order valence-electron chi connectivity index (χ2n) is 2.37. The van der Waals surface area contributed by atoms with Gasteiger partial charge in [-0.25, -0.2) is 9.97 Å². The molecule has 1 aromatic rings. The minimum absolute atomic E-state index is 0.00500. The van der Waals surface area contributed by atoms with Gasteiger partial charge in [0.15, 0.2) is 0 Å². The van der Waals surface area contributed by atoms with E-state index in [-0.39, 0.29) is 12.0 Å². The largest absolute Gasteiger partial charge is 0.492 e. The number of hydrogen-bond acceptors (Lipinski definition) is 4. The van der Waals surface area contributed by atoms with Crippen LogP contribution in [0.25, 0.3) is 0 Å². The van der Waals surface area contributed by atoms with Gasteiger partial charge in [-0.15, -0.1) is 0 Å². The van der Waals surface area contributed by atoms with Crippen molar-refractivity contribution in [3.05, 3.63) is 18.1 Å². The Bertz CT molecular complexity index is 260. The van der Waals surface area contributed by atoms with E-state index in [2.05, 4.69) is 16.2 Å². The summed E-state index contributed by atoms with van der Waals surface area (Å²) in [6.07, 6.45) is 4.85. The van der Waals surface area contributed by atoms with Crippen LogP contribution in [-0.4, -0.2) is 21.7 Å². The fraction of sp³-hybridized carbons (Fsp3) is 0.429. The average Bonchev–Trinajstić information content (AvgIpc) is 1.83. The number of aromatic nitrogens is 2. The van der Waals surface area contributed by atoms with E-state index < -0.39 is 0 Å². The quantitative estimate of drug-likeness (QED) is 0.632. The molecule has 1 aliphatic rings. The summed E-state index contributed by atoms with van der Waals surface area (Å²) < 4.78 is 5.13. The van der Waals surface area contributed by atoms with Gasteiger partial charge in [0.2, 0.25) is 5.88 Å². The highest BCUT2D eigenvalue weighted by molar-refractivity contribution is 5.08. The predicted octanol–water partition coefficient (Wildman–Crippen LogP) is 0.444. The summed E-state index contributed by atoms with van der Waals surface area (Å²) in [5.74, 6) is -0.0748. The zero-order valence-electron chi connectivity index (χ0n) is 5.82. The summed E-state index contributed by atoms with van der Waals surface area (Å²) >= 11 is 0. The first kappa shape index (κ1) is 6.54. The molecule has 1 fully saturated rings. The molecule has 11 heavy (non-hydrogen) atoms. The van der Waals surface area contributed by atoms with Crippen molar-refractivity contribution in [1.82, 2.24) is 9.97 Å². The Kier molecular flexibility index (Phi) is 1.47. The van der Waals surface area contributed by atoms with E-state index in [0.29, 0.717) is 5.69 Å². The maximum Gasteiger partial charge on any atom is 0.230 e. The molecular formula is C7H7N2O2. The van der Waals surface area contributed by atoms with Gasteiger partial charge in [0, 0.05) is 6.42 Å². The van der Waals surface area contributed by atoms with Crippen LogP contribution in [0.15, 0.2) is 6.20 Å². The second-order valence-corrected chi connectivity index (χ2v) is 2.37. The highest BCUT2D eigenvalue weighted by Gasteiger charge is 2.22. The maximum atomic E-state index is 8.93. The normalized spacial score (nSPS) is 22.7. The standard InChI is InChI=1S/C7H7N2O2/c10-7-4-8-3-5(9-7)6-1-2-11-6/h4,6H,1-2H2,(H,9,10). The number of ether oxygens (including phenoxy) is 1. The van der Waals surface area contributed by atoms with Crippen molar-refractivity contribution in [1.29, 1.82) is 0 Å². The zero-order valence-corrected chi connectivity index (χ0v) is 5.82. The van der Waals surface area contributed by atoms with Crippen molar-refractivity contribution in [3.63, 3.8) is 0 Å². The molecule has 1 aromatic heterocycles. The fourth-order valence-corrected chi connectivity index (χ4v) is 0.929. The molecule has 1 atom stereocenters. The maximum absolute atomic E-state index is 8.93. The van der Waals surface area contributed by atoms with Crippen LogP contribution in [0, 0.1) is 6.20 Å². The molecule has 1 radical (unpaired) electrons. The van der Waals surface area contributed by atoms with Crippen LogP contribution in [0.3, 0.4) is 0 Å². The lowest BCUT2D eigenvalue weighted by Crippen LogP contribution is -2.19. The van der Waals surface area contributed by atoms with Crippen LogP contribution in [-0.2, 0) is 4.74 Å². The zero-order chi connectivity index (χ0) is 7.68. The van der Waals surface area contributed by atoms with E-state index in [4.69, 9.17) is 9.84 Å². The topological polar surface area (TPSA) is 55.2 Å². The lowest BCUT2D eigenvalue weighted by molar-refractivity contribution is -0.0558. The summed E-state index contributed by atoms with van der Waals surface area (Å²) in [6, 6.07) is 0. The van der Waals surface area contributed by atoms with Crippen molar-refractivity contribution < 1.29 is 9.84 Å². The monoisotopic (exact) mass is 151 g/mol. The fourth-order valence-electron chi connectivity index (χ4n) is 0.929. The summed E-state index contributed by atoms with van der Waals surface area (Å²) in [4.78, 5) is 7.48. The lowest BCUT2D eigenvalue weighted by Gasteiger charge is -2.24. The summed E-state index contributed by atoms with van der Waals surface area (Å²) in [6.45, 7) is 0.760. The Morgan fingerprint density at radius 2 is 2.55 bits per heavy atom. The Hall–Kier alpha value is -1.16. The summed E-state index contributed by atoms with van der Waals surface area (Å²) in [7, 11) is 0. The predicted molar refractivity (Wildman–Crippen MR) is 35.8 cm³/mol. The molecule has 0 bridgehead atoms. The van der Waals surface area contributed by atoms with Crippen LogP contribution >= 0.6 is 0 Å². The molecule has 1 saturated heterocycles. The van der Waals surface area contributed by atoms with Gasteiger partial charge in [-0.05, 0) is 0 Å².